The molecule has 5 aromatic rings. The number of furan rings is 2. The van der Waals surface area contributed by atoms with Gasteiger partial charge in [0, 0.05) is 23.1 Å². The summed E-state index contributed by atoms with van der Waals surface area (Å²) in [6.45, 7) is 0. The minimum Gasteiger partial charge on any atom is -0.455 e. The zero-order valence-corrected chi connectivity index (χ0v) is 17.6. The van der Waals surface area contributed by atoms with Gasteiger partial charge in [-0.3, -0.25) is 14.9 Å². The molecule has 3 aromatic carbocycles. The van der Waals surface area contributed by atoms with Gasteiger partial charge in [-0.05, 0) is 41.1 Å². The van der Waals surface area contributed by atoms with E-state index in [1.165, 1.54) is 24.4 Å². The Bertz CT molecular complexity index is 1570. The summed E-state index contributed by atoms with van der Waals surface area (Å²) in [6.07, 6.45) is 1.31. The van der Waals surface area contributed by atoms with Crippen molar-refractivity contribution in [3.63, 3.8) is 0 Å². The number of fused-ring (bicyclic) bond motifs is 3. The highest BCUT2D eigenvalue weighted by atomic mass is 35.5. The van der Waals surface area contributed by atoms with Crippen molar-refractivity contribution in [1.82, 2.24) is 5.43 Å². The van der Waals surface area contributed by atoms with E-state index in [9.17, 15) is 14.9 Å². The van der Waals surface area contributed by atoms with Crippen molar-refractivity contribution in [1.29, 1.82) is 0 Å². The molecule has 2 aromatic heterocycles. The molecule has 0 aliphatic carbocycles. The van der Waals surface area contributed by atoms with Crippen LogP contribution < -0.4 is 5.43 Å². The number of hydrogen-bond acceptors (Lipinski definition) is 6. The smallest absolute Gasteiger partial charge is 0.307 e. The van der Waals surface area contributed by atoms with E-state index < -0.39 is 10.8 Å². The second-order valence-electron chi connectivity index (χ2n) is 7.13. The van der Waals surface area contributed by atoms with Crippen LogP contribution in [0.5, 0.6) is 0 Å². The first-order valence-electron chi connectivity index (χ1n) is 9.78. The number of halogens is 1. The number of nitro groups is 1. The van der Waals surface area contributed by atoms with Gasteiger partial charge in [-0.1, -0.05) is 41.9 Å². The van der Waals surface area contributed by atoms with Crippen LogP contribution in [0.25, 0.3) is 33.1 Å². The summed E-state index contributed by atoms with van der Waals surface area (Å²) in [5.41, 5.74) is 3.28. The van der Waals surface area contributed by atoms with Crippen LogP contribution in [0, 0.1) is 10.1 Å². The first-order valence-corrected chi connectivity index (χ1v) is 10.2. The average Bonchev–Trinajstić information content (AvgIpc) is 3.46. The molecule has 1 N–H and O–H groups in total. The van der Waals surface area contributed by atoms with E-state index in [2.05, 4.69) is 10.5 Å². The number of carbonyl (C=O) groups is 1. The lowest BCUT2D eigenvalue weighted by Crippen LogP contribution is -2.16. The number of hydrogen-bond donors (Lipinski definition) is 1. The number of non-ortho nitro benzene ring substituents is 1. The molecule has 162 valence electrons. The van der Waals surface area contributed by atoms with Crippen LogP contribution in [-0.2, 0) is 0 Å². The van der Waals surface area contributed by atoms with Crippen LogP contribution in [0.2, 0.25) is 5.02 Å². The van der Waals surface area contributed by atoms with E-state index in [1.54, 1.807) is 18.2 Å². The van der Waals surface area contributed by atoms with Gasteiger partial charge in [0.05, 0.1) is 16.2 Å². The molecule has 0 atom stereocenters. The fourth-order valence-electron chi connectivity index (χ4n) is 3.50. The lowest BCUT2D eigenvalue weighted by molar-refractivity contribution is -0.384. The molecule has 0 aliphatic heterocycles. The minimum absolute atomic E-state index is 0.105. The Morgan fingerprint density at radius 3 is 2.70 bits per heavy atom. The maximum atomic E-state index is 12.5. The first-order chi connectivity index (χ1) is 16.0. The van der Waals surface area contributed by atoms with Gasteiger partial charge < -0.3 is 8.83 Å². The number of benzene rings is 3. The van der Waals surface area contributed by atoms with E-state index in [0.29, 0.717) is 27.7 Å². The molecule has 0 bridgehead atoms. The molecule has 0 saturated heterocycles. The summed E-state index contributed by atoms with van der Waals surface area (Å²) in [4.78, 5) is 23.0. The number of nitrogens with one attached hydrogen (secondary N) is 1. The minimum atomic E-state index is -0.514. The Hall–Kier alpha value is -4.43. The van der Waals surface area contributed by atoms with E-state index in [1.807, 2.05) is 36.4 Å². The van der Waals surface area contributed by atoms with E-state index >= 15 is 0 Å². The van der Waals surface area contributed by atoms with Crippen molar-refractivity contribution >= 4 is 51.2 Å². The summed E-state index contributed by atoms with van der Waals surface area (Å²) in [5.74, 6) is 0.270. The molecule has 0 spiro atoms. The van der Waals surface area contributed by atoms with Crippen molar-refractivity contribution < 1.29 is 18.6 Å². The number of nitro benzene ring substituents is 1. The predicted molar refractivity (Wildman–Crippen MR) is 125 cm³/mol. The van der Waals surface area contributed by atoms with Crippen molar-refractivity contribution in [2.45, 2.75) is 0 Å². The monoisotopic (exact) mass is 459 g/mol. The highest BCUT2D eigenvalue weighted by Crippen LogP contribution is 2.32. The Morgan fingerprint density at radius 2 is 1.85 bits per heavy atom. The second kappa shape index (κ2) is 8.25. The molecular formula is C24H14ClN3O5. The number of amides is 1. The Morgan fingerprint density at radius 1 is 1.00 bits per heavy atom. The van der Waals surface area contributed by atoms with Gasteiger partial charge in [-0.2, -0.15) is 5.10 Å². The zero-order chi connectivity index (χ0) is 22.9. The molecule has 2 heterocycles. The van der Waals surface area contributed by atoms with Gasteiger partial charge in [0.2, 0.25) is 0 Å². The standard InChI is InChI=1S/C24H14ClN3O5/c25-20-8-6-15(28(30)31)11-19(20)22-10-7-16(32-22)13-26-27-24(29)23-12-18-17-4-2-1-3-14(17)5-9-21(18)33-23/h1-13H,(H,27,29)/b26-13-. The molecule has 8 nitrogen and oxygen atoms in total. The largest absolute Gasteiger partial charge is 0.455 e. The molecule has 1 amide bonds. The number of hydrazone groups is 1. The van der Waals surface area contributed by atoms with Crippen LogP contribution >= 0.6 is 11.6 Å². The van der Waals surface area contributed by atoms with Gasteiger partial charge >= 0.3 is 5.91 Å². The third-order valence-corrected chi connectivity index (χ3v) is 5.39. The molecule has 9 heteroatoms. The molecular weight excluding hydrogens is 446 g/mol. The molecule has 0 saturated carbocycles. The summed E-state index contributed by atoms with van der Waals surface area (Å²) in [6, 6.07) is 20.6. The predicted octanol–water partition coefficient (Wildman–Crippen LogP) is 6.17. The van der Waals surface area contributed by atoms with Crippen LogP contribution in [0.1, 0.15) is 16.3 Å². The Balaban J connectivity index is 1.33. The van der Waals surface area contributed by atoms with Gasteiger partial charge in [0.1, 0.15) is 17.1 Å². The lowest BCUT2D eigenvalue weighted by Gasteiger charge is -2.00. The third kappa shape index (κ3) is 3.95. The highest BCUT2D eigenvalue weighted by molar-refractivity contribution is 6.33. The highest BCUT2D eigenvalue weighted by Gasteiger charge is 2.15. The molecule has 5 rings (SSSR count). The summed E-state index contributed by atoms with van der Waals surface area (Å²) < 4.78 is 11.3. The fourth-order valence-corrected chi connectivity index (χ4v) is 3.71. The van der Waals surface area contributed by atoms with Crippen LogP contribution in [0.15, 0.2) is 86.7 Å². The Labute approximate surface area is 191 Å². The van der Waals surface area contributed by atoms with Crippen molar-refractivity contribution in [2.75, 3.05) is 0 Å². The third-order valence-electron chi connectivity index (χ3n) is 5.06. The lowest BCUT2D eigenvalue weighted by atomic mass is 10.1. The topological polar surface area (TPSA) is 111 Å². The molecule has 0 fully saturated rings. The van der Waals surface area contributed by atoms with Gasteiger partial charge in [0.25, 0.3) is 5.69 Å². The molecule has 33 heavy (non-hydrogen) atoms. The normalized spacial score (nSPS) is 11.4. The number of nitrogens with zero attached hydrogens (tertiary/aromatic N) is 2. The van der Waals surface area contributed by atoms with E-state index in [-0.39, 0.29) is 11.4 Å². The number of carbonyl (C=O) groups excluding carboxylic acids is 1. The summed E-state index contributed by atoms with van der Waals surface area (Å²) in [7, 11) is 0. The van der Waals surface area contributed by atoms with Gasteiger partial charge in [0.15, 0.2) is 5.76 Å². The van der Waals surface area contributed by atoms with E-state index in [0.717, 1.165) is 16.2 Å². The van der Waals surface area contributed by atoms with Crippen molar-refractivity contribution in [3.05, 3.63) is 99.5 Å². The van der Waals surface area contributed by atoms with Crippen LogP contribution in [0.3, 0.4) is 0 Å². The maximum absolute atomic E-state index is 12.5. The van der Waals surface area contributed by atoms with Gasteiger partial charge in [-0.15, -0.1) is 0 Å². The molecule has 0 aliphatic rings. The SMILES string of the molecule is O=C(N/N=C\c1ccc(-c2cc([N+](=O)[O-])ccc2Cl)o1)c1cc2c(ccc3ccccc32)o1. The Kier molecular flexibility index (Phi) is 5.12. The summed E-state index contributed by atoms with van der Waals surface area (Å²) in [5, 5.41) is 18.1. The van der Waals surface area contributed by atoms with Gasteiger partial charge in [-0.25, -0.2) is 5.43 Å². The van der Waals surface area contributed by atoms with Crippen molar-refractivity contribution in [3.8, 4) is 11.3 Å². The molecule has 0 radical (unpaired) electrons. The fraction of sp³-hybridized carbons (Fsp3) is 0. The first kappa shape index (κ1) is 20.5. The maximum Gasteiger partial charge on any atom is 0.307 e. The number of rotatable bonds is 5. The van der Waals surface area contributed by atoms with Crippen molar-refractivity contribution in [2.24, 2.45) is 5.10 Å². The second-order valence-corrected chi connectivity index (χ2v) is 7.54. The van der Waals surface area contributed by atoms with Crippen LogP contribution in [-0.4, -0.2) is 17.0 Å². The summed E-state index contributed by atoms with van der Waals surface area (Å²) >= 11 is 6.14. The quantitative estimate of drug-likeness (QED) is 0.192. The average molecular weight is 460 g/mol. The van der Waals surface area contributed by atoms with E-state index in [4.69, 9.17) is 20.4 Å². The zero-order valence-electron chi connectivity index (χ0n) is 16.8. The van der Waals surface area contributed by atoms with Crippen LogP contribution in [0.4, 0.5) is 5.69 Å². The molecule has 0 unspecified atom stereocenters.